The minimum absolute atomic E-state index is 0.0611. The summed E-state index contributed by atoms with van der Waals surface area (Å²) in [5.41, 5.74) is 2.01. The number of ketones is 1. The number of benzene rings is 2. The normalized spacial score (nSPS) is 15.7. The lowest BCUT2D eigenvalue weighted by molar-refractivity contribution is -0.136. The molecule has 1 aromatic heterocycles. The summed E-state index contributed by atoms with van der Waals surface area (Å²) in [4.78, 5) is 26.2. The highest BCUT2D eigenvalue weighted by Crippen LogP contribution is 2.37. The van der Waals surface area contributed by atoms with Crippen molar-refractivity contribution in [3.05, 3.63) is 82.3 Å². The van der Waals surface area contributed by atoms with Gasteiger partial charge in [0, 0.05) is 5.56 Å². The van der Waals surface area contributed by atoms with Crippen LogP contribution in [0.2, 0.25) is 0 Å². The smallest absolute Gasteiger partial charge is 0.355 e. The van der Waals surface area contributed by atoms with Crippen LogP contribution in [-0.2, 0) is 14.9 Å². The van der Waals surface area contributed by atoms with E-state index in [9.17, 15) is 14.0 Å². The minimum atomic E-state index is -0.790. The molecular formula is C23H22FN5O3. The average molecular weight is 435 g/mol. The molecule has 0 bridgehead atoms. The highest BCUT2D eigenvalue weighted by atomic mass is 19.1. The maximum absolute atomic E-state index is 13.6. The Hall–Kier alpha value is -3.88. The van der Waals surface area contributed by atoms with Crippen molar-refractivity contribution in [3.8, 4) is 0 Å². The molecule has 32 heavy (non-hydrogen) atoms. The van der Waals surface area contributed by atoms with E-state index < -0.39 is 23.6 Å². The molecule has 0 spiro atoms. The zero-order valence-electron chi connectivity index (χ0n) is 18.1. The number of anilines is 1. The predicted molar refractivity (Wildman–Crippen MR) is 114 cm³/mol. The van der Waals surface area contributed by atoms with Gasteiger partial charge in [0.1, 0.15) is 17.6 Å². The number of hydrogen-bond donors (Lipinski definition) is 1. The van der Waals surface area contributed by atoms with E-state index >= 15 is 0 Å². The van der Waals surface area contributed by atoms with Crippen molar-refractivity contribution < 1.29 is 18.7 Å². The van der Waals surface area contributed by atoms with Crippen molar-refractivity contribution in [3.63, 3.8) is 0 Å². The Morgan fingerprint density at radius 2 is 1.72 bits per heavy atom. The number of methoxy groups -OCH3 is 1. The highest BCUT2D eigenvalue weighted by molar-refractivity contribution is 6.14. The molecule has 0 amide bonds. The molecule has 1 atom stereocenters. The quantitative estimate of drug-likeness (QED) is 0.495. The van der Waals surface area contributed by atoms with E-state index in [1.54, 1.807) is 0 Å². The second kappa shape index (κ2) is 7.99. The van der Waals surface area contributed by atoms with Crippen LogP contribution in [0.4, 0.5) is 10.3 Å². The van der Waals surface area contributed by atoms with E-state index in [1.807, 2.05) is 24.3 Å². The number of esters is 1. The lowest BCUT2D eigenvalue weighted by Crippen LogP contribution is -2.33. The van der Waals surface area contributed by atoms with Gasteiger partial charge in [0.2, 0.25) is 5.95 Å². The lowest BCUT2D eigenvalue weighted by atomic mass is 9.84. The molecule has 8 nitrogen and oxygen atoms in total. The molecule has 0 fully saturated rings. The van der Waals surface area contributed by atoms with Crippen molar-refractivity contribution in [1.82, 2.24) is 20.2 Å². The number of ether oxygens (including phenoxy) is 1. The summed E-state index contributed by atoms with van der Waals surface area (Å²) in [7, 11) is 1.22. The van der Waals surface area contributed by atoms with Crippen molar-refractivity contribution in [2.45, 2.75) is 32.2 Å². The lowest BCUT2D eigenvalue weighted by Gasteiger charge is -2.28. The van der Waals surface area contributed by atoms with Crippen LogP contribution in [-0.4, -0.2) is 39.1 Å². The number of aromatic nitrogens is 4. The van der Waals surface area contributed by atoms with Crippen LogP contribution in [0.3, 0.4) is 0 Å². The molecule has 0 radical (unpaired) electrons. The number of rotatable bonds is 4. The maximum atomic E-state index is 13.6. The molecule has 4 rings (SSSR count). The van der Waals surface area contributed by atoms with Gasteiger partial charge < -0.3 is 10.1 Å². The number of nitrogens with one attached hydrogen (secondary N) is 1. The number of allylic oxidation sites excluding steroid dienone is 1. The van der Waals surface area contributed by atoms with Crippen LogP contribution >= 0.6 is 0 Å². The Labute approximate surface area is 184 Å². The molecule has 0 unspecified atom stereocenters. The van der Waals surface area contributed by atoms with E-state index in [1.165, 1.54) is 36.1 Å². The molecule has 1 N–H and O–H groups in total. The van der Waals surface area contributed by atoms with Gasteiger partial charge in [0.15, 0.2) is 5.78 Å². The number of carbonyl (C=O) groups is 2. The summed E-state index contributed by atoms with van der Waals surface area (Å²) < 4.78 is 19.8. The van der Waals surface area contributed by atoms with Crippen LogP contribution in [0.15, 0.2) is 59.8 Å². The van der Waals surface area contributed by atoms with Gasteiger partial charge in [-0.25, -0.2) is 9.18 Å². The fourth-order valence-electron chi connectivity index (χ4n) is 3.62. The number of Topliss-reactive ketones (excluding diaryl/α,β-unsaturated/α-hetero) is 1. The zero-order valence-corrected chi connectivity index (χ0v) is 18.1. The Morgan fingerprint density at radius 3 is 2.31 bits per heavy atom. The average Bonchev–Trinajstić information content (AvgIpc) is 3.25. The van der Waals surface area contributed by atoms with Crippen molar-refractivity contribution in [2.24, 2.45) is 0 Å². The number of fused-ring (bicyclic) bond motifs is 1. The molecule has 0 saturated heterocycles. The molecule has 2 aromatic carbocycles. The molecule has 0 aliphatic carbocycles. The standard InChI is InChI=1S/C23H22FN5O3/c1-23(2,3)15-9-5-13(6-10-15)19-17(20(30)14-7-11-16(24)12-8-14)18(21(31)32-4)25-22-26-27-28-29(19)22/h5-12,19H,1-4H3,(H,25,26,28)/t19-/m0/s1. The van der Waals surface area contributed by atoms with Gasteiger partial charge in [-0.1, -0.05) is 50.1 Å². The Morgan fingerprint density at radius 1 is 1.06 bits per heavy atom. The molecule has 1 aliphatic heterocycles. The number of tetrazole rings is 1. The van der Waals surface area contributed by atoms with E-state index in [4.69, 9.17) is 4.74 Å². The van der Waals surface area contributed by atoms with Crippen LogP contribution < -0.4 is 5.32 Å². The predicted octanol–water partition coefficient (Wildman–Crippen LogP) is 3.43. The van der Waals surface area contributed by atoms with Gasteiger partial charge >= 0.3 is 5.97 Å². The first-order chi connectivity index (χ1) is 15.2. The first-order valence-corrected chi connectivity index (χ1v) is 9.99. The SMILES string of the molecule is COC(=O)C1=C(C(=O)c2ccc(F)cc2)[C@H](c2ccc(C(C)(C)C)cc2)n2nnnc2N1. The van der Waals surface area contributed by atoms with Crippen molar-refractivity contribution >= 4 is 17.7 Å². The summed E-state index contributed by atoms with van der Waals surface area (Å²) in [5.74, 6) is -1.47. The van der Waals surface area contributed by atoms with Gasteiger partial charge in [-0.05, 0) is 51.2 Å². The van der Waals surface area contributed by atoms with Crippen LogP contribution in [0, 0.1) is 5.82 Å². The van der Waals surface area contributed by atoms with E-state index in [-0.39, 0.29) is 28.2 Å². The first-order valence-electron chi connectivity index (χ1n) is 9.99. The van der Waals surface area contributed by atoms with E-state index in [2.05, 4.69) is 41.6 Å². The molecule has 164 valence electrons. The second-order valence-corrected chi connectivity index (χ2v) is 8.46. The third kappa shape index (κ3) is 3.77. The molecule has 1 aliphatic rings. The van der Waals surface area contributed by atoms with Crippen LogP contribution in [0.25, 0.3) is 0 Å². The molecule has 9 heteroatoms. The number of nitrogens with zero attached hydrogens (tertiary/aromatic N) is 4. The summed E-state index contributed by atoms with van der Waals surface area (Å²) in [5, 5.41) is 14.5. The monoisotopic (exact) mass is 435 g/mol. The largest absolute Gasteiger partial charge is 0.464 e. The first kappa shape index (κ1) is 21.4. The minimum Gasteiger partial charge on any atom is -0.464 e. The van der Waals surface area contributed by atoms with Crippen molar-refractivity contribution in [1.29, 1.82) is 0 Å². The summed E-state index contributed by atoms with van der Waals surface area (Å²) in [6, 6.07) is 12.0. The van der Waals surface area contributed by atoms with Gasteiger partial charge in [-0.2, -0.15) is 4.68 Å². The third-order valence-electron chi connectivity index (χ3n) is 5.35. The Balaban J connectivity index is 1.91. The van der Waals surface area contributed by atoms with E-state index in [0.29, 0.717) is 5.56 Å². The van der Waals surface area contributed by atoms with E-state index in [0.717, 1.165) is 5.56 Å². The summed E-state index contributed by atoms with van der Waals surface area (Å²) in [6.45, 7) is 6.31. The number of halogens is 1. The van der Waals surface area contributed by atoms with Gasteiger partial charge in [0.25, 0.3) is 0 Å². The maximum Gasteiger partial charge on any atom is 0.355 e. The van der Waals surface area contributed by atoms with Gasteiger partial charge in [0.05, 0.1) is 12.7 Å². The fourth-order valence-corrected chi connectivity index (χ4v) is 3.62. The summed E-state index contributed by atoms with van der Waals surface area (Å²) >= 11 is 0. The number of carbonyl (C=O) groups excluding carboxylic acids is 2. The zero-order chi connectivity index (χ0) is 23.0. The van der Waals surface area contributed by atoms with Crippen LogP contribution in [0.1, 0.15) is 48.3 Å². The second-order valence-electron chi connectivity index (χ2n) is 8.46. The highest BCUT2D eigenvalue weighted by Gasteiger charge is 2.38. The number of hydrogen-bond acceptors (Lipinski definition) is 7. The third-order valence-corrected chi connectivity index (χ3v) is 5.35. The molecular weight excluding hydrogens is 413 g/mol. The van der Waals surface area contributed by atoms with Crippen molar-refractivity contribution in [2.75, 3.05) is 12.4 Å². The molecule has 2 heterocycles. The fraction of sp³-hybridized carbons (Fsp3) is 0.261. The summed E-state index contributed by atoms with van der Waals surface area (Å²) in [6.07, 6.45) is 0. The Bertz CT molecular complexity index is 1210. The molecule has 0 saturated carbocycles. The topological polar surface area (TPSA) is 99.0 Å². The Kier molecular flexibility index (Phi) is 5.33. The van der Waals surface area contributed by atoms with Gasteiger partial charge in [-0.3, -0.25) is 4.79 Å². The molecule has 3 aromatic rings. The van der Waals surface area contributed by atoms with Crippen LogP contribution in [0.5, 0.6) is 0 Å². The van der Waals surface area contributed by atoms with Gasteiger partial charge in [-0.15, -0.1) is 0 Å².